The van der Waals surface area contributed by atoms with E-state index in [1.165, 1.54) is 0 Å². The average molecular weight is 369 g/mol. The number of ether oxygens (including phenoxy) is 2. The minimum absolute atomic E-state index is 0.422. The number of methoxy groups -OCH3 is 1. The first-order valence-electron chi connectivity index (χ1n) is 9.46. The molecule has 144 valence electrons. The smallest absolute Gasteiger partial charge is 0.321 e. The van der Waals surface area contributed by atoms with E-state index in [1.807, 2.05) is 42.5 Å². The Hall–Kier alpha value is -2.53. The molecule has 0 amide bonds. The van der Waals surface area contributed by atoms with Crippen LogP contribution in [0.3, 0.4) is 0 Å². The third kappa shape index (κ3) is 4.42. The maximum absolute atomic E-state index is 11.9. The fraction of sp³-hybridized carbons (Fsp3) is 0.409. The van der Waals surface area contributed by atoms with E-state index in [0.717, 1.165) is 36.1 Å². The SMILES string of the molecule is CCCCN1Cc2ccc(OC)c(OCc3ccccc3)c2CC1C(=O)O. The van der Waals surface area contributed by atoms with Crippen molar-refractivity contribution in [3.8, 4) is 11.5 Å². The number of fused-ring (bicyclic) bond motifs is 1. The fourth-order valence-electron chi connectivity index (χ4n) is 3.56. The molecule has 1 heterocycles. The number of hydrogen-bond donors (Lipinski definition) is 1. The molecule has 2 aromatic rings. The van der Waals surface area contributed by atoms with Crippen LogP contribution in [0.25, 0.3) is 0 Å². The van der Waals surface area contributed by atoms with E-state index in [-0.39, 0.29) is 0 Å². The summed E-state index contributed by atoms with van der Waals surface area (Å²) < 4.78 is 11.6. The highest BCUT2D eigenvalue weighted by Crippen LogP contribution is 2.38. The Morgan fingerprint density at radius 3 is 2.67 bits per heavy atom. The molecule has 0 aromatic heterocycles. The number of aliphatic carboxylic acids is 1. The highest BCUT2D eigenvalue weighted by Gasteiger charge is 2.33. The van der Waals surface area contributed by atoms with Gasteiger partial charge >= 0.3 is 5.97 Å². The van der Waals surface area contributed by atoms with Crippen molar-refractivity contribution in [2.75, 3.05) is 13.7 Å². The molecule has 5 heteroatoms. The normalized spacial score (nSPS) is 16.6. The lowest BCUT2D eigenvalue weighted by atomic mass is 9.92. The molecule has 1 N–H and O–H groups in total. The zero-order valence-electron chi connectivity index (χ0n) is 16.0. The monoisotopic (exact) mass is 369 g/mol. The van der Waals surface area contributed by atoms with Gasteiger partial charge in [-0.1, -0.05) is 49.7 Å². The molecular weight excluding hydrogens is 342 g/mol. The first kappa shape index (κ1) is 19.2. The lowest BCUT2D eigenvalue weighted by Gasteiger charge is -2.35. The lowest BCUT2D eigenvalue weighted by molar-refractivity contribution is -0.144. The molecule has 5 nitrogen and oxygen atoms in total. The summed E-state index contributed by atoms with van der Waals surface area (Å²) in [7, 11) is 1.61. The molecule has 3 rings (SSSR count). The van der Waals surface area contributed by atoms with Crippen LogP contribution in [0, 0.1) is 0 Å². The van der Waals surface area contributed by atoms with Gasteiger partial charge < -0.3 is 14.6 Å². The number of carbonyl (C=O) groups is 1. The molecular formula is C22H27NO4. The Bertz CT molecular complexity index is 775. The molecule has 0 aliphatic carbocycles. The standard InChI is InChI=1S/C22H27NO4/c1-3-4-12-23-14-17-10-11-20(26-2)21(18(17)13-19(23)22(24)25)27-15-16-8-6-5-7-9-16/h5-11,19H,3-4,12-15H2,1-2H3,(H,24,25). The second kappa shape index (κ2) is 8.91. The van der Waals surface area contributed by atoms with E-state index in [9.17, 15) is 9.90 Å². The zero-order valence-corrected chi connectivity index (χ0v) is 16.0. The first-order chi connectivity index (χ1) is 13.1. The number of unbranched alkanes of at least 4 members (excludes halogenated alkanes) is 1. The molecule has 0 fully saturated rings. The van der Waals surface area contributed by atoms with Crippen LogP contribution in [-0.4, -0.2) is 35.7 Å². The second-order valence-electron chi connectivity index (χ2n) is 6.89. The largest absolute Gasteiger partial charge is 0.493 e. The molecule has 0 saturated heterocycles. The number of carboxylic acid groups (broad SMARTS) is 1. The summed E-state index contributed by atoms with van der Waals surface area (Å²) in [6.45, 7) is 3.95. The Labute approximate surface area is 160 Å². The van der Waals surface area contributed by atoms with Crippen LogP contribution in [0.5, 0.6) is 11.5 Å². The molecule has 0 spiro atoms. The van der Waals surface area contributed by atoms with Crippen LogP contribution in [0.2, 0.25) is 0 Å². The van der Waals surface area contributed by atoms with E-state index >= 15 is 0 Å². The van der Waals surface area contributed by atoms with Crippen molar-refractivity contribution >= 4 is 5.97 Å². The Morgan fingerprint density at radius 2 is 2.00 bits per heavy atom. The second-order valence-corrected chi connectivity index (χ2v) is 6.89. The summed E-state index contributed by atoms with van der Waals surface area (Å²) in [5.41, 5.74) is 3.13. The van der Waals surface area contributed by atoms with Crippen LogP contribution < -0.4 is 9.47 Å². The summed E-state index contributed by atoms with van der Waals surface area (Å²) in [5, 5.41) is 9.75. The molecule has 1 atom stereocenters. The van der Waals surface area contributed by atoms with Crippen molar-refractivity contribution in [1.82, 2.24) is 4.90 Å². The van der Waals surface area contributed by atoms with Crippen molar-refractivity contribution in [2.24, 2.45) is 0 Å². The zero-order chi connectivity index (χ0) is 19.2. The molecule has 1 unspecified atom stereocenters. The van der Waals surface area contributed by atoms with Crippen LogP contribution in [0.15, 0.2) is 42.5 Å². The minimum atomic E-state index is -0.784. The molecule has 2 aromatic carbocycles. The predicted molar refractivity (Wildman–Crippen MR) is 104 cm³/mol. The Kier molecular flexibility index (Phi) is 6.35. The van der Waals surface area contributed by atoms with Crippen molar-refractivity contribution < 1.29 is 19.4 Å². The molecule has 0 radical (unpaired) electrons. The average Bonchev–Trinajstić information content (AvgIpc) is 2.70. The highest BCUT2D eigenvalue weighted by atomic mass is 16.5. The predicted octanol–water partition coefficient (Wildman–Crippen LogP) is 3.89. The van der Waals surface area contributed by atoms with Gasteiger partial charge in [0.05, 0.1) is 7.11 Å². The summed E-state index contributed by atoms with van der Waals surface area (Å²) in [5.74, 6) is 0.532. The summed E-state index contributed by atoms with van der Waals surface area (Å²) >= 11 is 0. The van der Waals surface area contributed by atoms with Gasteiger partial charge in [-0.15, -0.1) is 0 Å². The topological polar surface area (TPSA) is 59.0 Å². The van der Waals surface area contributed by atoms with Crippen molar-refractivity contribution in [3.05, 3.63) is 59.2 Å². The van der Waals surface area contributed by atoms with E-state index in [0.29, 0.717) is 31.1 Å². The fourth-order valence-corrected chi connectivity index (χ4v) is 3.56. The maximum Gasteiger partial charge on any atom is 0.321 e. The number of benzene rings is 2. The quantitative estimate of drug-likeness (QED) is 0.765. The van der Waals surface area contributed by atoms with E-state index in [4.69, 9.17) is 9.47 Å². The third-order valence-electron chi connectivity index (χ3n) is 5.06. The van der Waals surface area contributed by atoms with Crippen molar-refractivity contribution in [1.29, 1.82) is 0 Å². The molecule has 1 aliphatic rings. The molecule has 27 heavy (non-hydrogen) atoms. The van der Waals surface area contributed by atoms with E-state index < -0.39 is 12.0 Å². The van der Waals surface area contributed by atoms with E-state index in [2.05, 4.69) is 11.8 Å². The van der Waals surface area contributed by atoms with Crippen LogP contribution in [-0.2, 0) is 24.4 Å². The van der Waals surface area contributed by atoms with Gasteiger partial charge in [-0.3, -0.25) is 9.69 Å². The molecule has 1 aliphatic heterocycles. The number of hydrogen-bond acceptors (Lipinski definition) is 4. The van der Waals surface area contributed by atoms with Gasteiger partial charge in [0.25, 0.3) is 0 Å². The van der Waals surface area contributed by atoms with Gasteiger partial charge in [-0.25, -0.2) is 0 Å². The van der Waals surface area contributed by atoms with Gasteiger partial charge in [0.15, 0.2) is 11.5 Å². The van der Waals surface area contributed by atoms with Gasteiger partial charge in [0.1, 0.15) is 12.6 Å². The van der Waals surface area contributed by atoms with Gasteiger partial charge in [0.2, 0.25) is 0 Å². The third-order valence-corrected chi connectivity index (χ3v) is 5.06. The number of nitrogens with zero attached hydrogens (tertiary/aromatic N) is 1. The number of carboxylic acids is 1. The van der Waals surface area contributed by atoms with Crippen molar-refractivity contribution in [2.45, 2.75) is 45.4 Å². The summed E-state index contributed by atoms with van der Waals surface area (Å²) in [6.07, 6.45) is 2.46. The Balaban J connectivity index is 1.89. The number of rotatable bonds is 8. The molecule has 0 saturated carbocycles. The van der Waals surface area contributed by atoms with E-state index in [1.54, 1.807) is 7.11 Å². The highest BCUT2D eigenvalue weighted by molar-refractivity contribution is 5.75. The lowest BCUT2D eigenvalue weighted by Crippen LogP contribution is -2.46. The first-order valence-corrected chi connectivity index (χ1v) is 9.46. The van der Waals surface area contributed by atoms with Crippen LogP contribution >= 0.6 is 0 Å². The van der Waals surface area contributed by atoms with Crippen LogP contribution in [0.1, 0.15) is 36.5 Å². The van der Waals surface area contributed by atoms with Crippen molar-refractivity contribution in [3.63, 3.8) is 0 Å². The van der Waals surface area contributed by atoms with Crippen LogP contribution in [0.4, 0.5) is 0 Å². The van der Waals surface area contributed by atoms with Gasteiger partial charge in [0, 0.05) is 18.5 Å². The maximum atomic E-state index is 11.9. The van der Waals surface area contributed by atoms with Gasteiger partial charge in [-0.2, -0.15) is 0 Å². The summed E-state index contributed by atoms with van der Waals surface area (Å²) in [4.78, 5) is 13.9. The summed E-state index contributed by atoms with van der Waals surface area (Å²) in [6, 6.07) is 13.3. The molecule has 0 bridgehead atoms. The minimum Gasteiger partial charge on any atom is -0.493 e. The Morgan fingerprint density at radius 1 is 1.22 bits per heavy atom. The van der Waals surface area contributed by atoms with Gasteiger partial charge in [-0.05, 0) is 30.2 Å².